The lowest BCUT2D eigenvalue weighted by atomic mass is 9.86. The Balaban J connectivity index is 1.65. The van der Waals surface area contributed by atoms with Crippen molar-refractivity contribution in [3.05, 3.63) is 0 Å². The second-order valence-electron chi connectivity index (χ2n) is 4.36. The average molecular weight is 216 g/mol. The lowest BCUT2D eigenvalue weighted by Crippen LogP contribution is -2.55. The second-order valence-corrected chi connectivity index (χ2v) is 4.36. The highest BCUT2D eigenvalue weighted by molar-refractivity contribution is 4.93. The highest BCUT2D eigenvalue weighted by atomic mass is 16.6. The van der Waals surface area contributed by atoms with Crippen LogP contribution in [0.25, 0.3) is 0 Å². The number of hydrogen-bond acceptors (Lipinski definition) is 4. The van der Waals surface area contributed by atoms with Gasteiger partial charge in [-0.15, -0.1) is 0 Å². The molecule has 0 saturated heterocycles. The van der Waals surface area contributed by atoms with E-state index in [2.05, 4.69) is 0 Å². The van der Waals surface area contributed by atoms with E-state index in [0.717, 1.165) is 12.8 Å². The van der Waals surface area contributed by atoms with Crippen LogP contribution in [0, 0.1) is 0 Å². The molecule has 4 heteroatoms. The van der Waals surface area contributed by atoms with Gasteiger partial charge in [0.25, 0.3) is 0 Å². The van der Waals surface area contributed by atoms with Crippen LogP contribution < -0.4 is 0 Å². The maximum atomic E-state index is 9.54. The van der Waals surface area contributed by atoms with E-state index in [0.29, 0.717) is 25.7 Å². The van der Waals surface area contributed by atoms with Gasteiger partial charge in [-0.2, -0.15) is 0 Å². The molecule has 0 heterocycles. The van der Waals surface area contributed by atoms with Crippen LogP contribution in [0.1, 0.15) is 25.7 Å². The van der Waals surface area contributed by atoms with Crippen LogP contribution in [0.4, 0.5) is 0 Å². The fourth-order valence-electron chi connectivity index (χ4n) is 1.93. The third kappa shape index (κ3) is 2.69. The Hall–Kier alpha value is -0.160. The molecule has 1 N–H and O–H groups in total. The van der Waals surface area contributed by atoms with Gasteiger partial charge in [0.2, 0.25) is 0 Å². The molecule has 2 rings (SSSR count). The maximum Gasteiger partial charge on any atom is 0.110 e. The number of ether oxygens (including phenoxy) is 3. The van der Waals surface area contributed by atoms with Crippen molar-refractivity contribution in [1.29, 1.82) is 0 Å². The van der Waals surface area contributed by atoms with Crippen molar-refractivity contribution in [3.8, 4) is 0 Å². The molecule has 3 atom stereocenters. The molecule has 0 aromatic rings. The van der Waals surface area contributed by atoms with Crippen molar-refractivity contribution in [1.82, 2.24) is 0 Å². The van der Waals surface area contributed by atoms with Gasteiger partial charge >= 0.3 is 0 Å². The first-order valence-corrected chi connectivity index (χ1v) is 5.75. The van der Waals surface area contributed by atoms with Crippen molar-refractivity contribution in [3.63, 3.8) is 0 Å². The van der Waals surface area contributed by atoms with Gasteiger partial charge in [-0.05, 0) is 19.3 Å². The number of aliphatic hydroxyl groups excluding tert-OH is 1. The molecule has 3 unspecified atom stereocenters. The standard InChI is InChI=1S/C11H20O4/c1-13-5-6-14-11-9(12)7-10(11)15-8-3-2-4-8/h8-12H,2-7H2,1H3. The summed E-state index contributed by atoms with van der Waals surface area (Å²) in [6, 6.07) is 0. The first kappa shape index (κ1) is 11.3. The Bertz CT molecular complexity index is 193. The first-order valence-electron chi connectivity index (χ1n) is 5.75. The normalized spacial score (nSPS) is 36.0. The zero-order chi connectivity index (χ0) is 10.7. The van der Waals surface area contributed by atoms with Crippen LogP contribution in [0.2, 0.25) is 0 Å². The third-order valence-corrected chi connectivity index (χ3v) is 3.24. The summed E-state index contributed by atoms with van der Waals surface area (Å²) >= 11 is 0. The molecule has 0 radical (unpaired) electrons. The van der Waals surface area contributed by atoms with Crippen molar-refractivity contribution < 1.29 is 19.3 Å². The quantitative estimate of drug-likeness (QED) is 0.665. The van der Waals surface area contributed by atoms with E-state index in [1.807, 2.05) is 0 Å². The van der Waals surface area contributed by atoms with Crippen LogP contribution in [0.3, 0.4) is 0 Å². The molecule has 2 saturated carbocycles. The van der Waals surface area contributed by atoms with E-state index in [4.69, 9.17) is 14.2 Å². The van der Waals surface area contributed by atoms with Gasteiger partial charge in [0.05, 0.1) is 31.5 Å². The van der Waals surface area contributed by atoms with Crippen molar-refractivity contribution in [2.45, 2.75) is 50.1 Å². The maximum absolute atomic E-state index is 9.54. The predicted octanol–water partition coefficient (Wildman–Crippen LogP) is 0.720. The van der Waals surface area contributed by atoms with Crippen LogP contribution in [-0.4, -0.2) is 49.8 Å². The summed E-state index contributed by atoms with van der Waals surface area (Å²) in [4.78, 5) is 0. The largest absolute Gasteiger partial charge is 0.390 e. The molecule has 4 nitrogen and oxygen atoms in total. The van der Waals surface area contributed by atoms with Gasteiger partial charge < -0.3 is 19.3 Å². The topological polar surface area (TPSA) is 47.9 Å². The summed E-state index contributed by atoms with van der Waals surface area (Å²) < 4.78 is 16.2. The minimum atomic E-state index is -0.355. The minimum absolute atomic E-state index is 0.0992. The van der Waals surface area contributed by atoms with Gasteiger partial charge in [-0.1, -0.05) is 0 Å². The smallest absolute Gasteiger partial charge is 0.110 e. The van der Waals surface area contributed by atoms with Crippen LogP contribution in [0.15, 0.2) is 0 Å². The van der Waals surface area contributed by atoms with Gasteiger partial charge in [0.1, 0.15) is 6.10 Å². The zero-order valence-electron chi connectivity index (χ0n) is 9.22. The lowest BCUT2D eigenvalue weighted by Gasteiger charge is -2.44. The monoisotopic (exact) mass is 216 g/mol. The molecular formula is C11H20O4. The van der Waals surface area contributed by atoms with Crippen LogP contribution in [-0.2, 0) is 14.2 Å². The fourth-order valence-corrected chi connectivity index (χ4v) is 1.93. The van der Waals surface area contributed by atoms with E-state index < -0.39 is 0 Å². The molecule has 2 aliphatic carbocycles. The molecule has 0 aliphatic heterocycles. The van der Waals surface area contributed by atoms with Crippen molar-refractivity contribution in [2.75, 3.05) is 20.3 Å². The predicted molar refractivity (Wildman–Crippen MR) is 54.8 cm³/mol. The zero-order valence-corrected chi connectivity index (χ0v) is 9.22. The van der Waals surface area contributed by atoms with Gasteiger partial charge in [-0.3, -0.25) is 0 Å². The van der Waals surface area contributed by atoms with Gasteiger partial charge in [0, 0.05) is 13.5 Å². The first-order chi connectivity index (χ1) is 7.31. The highest BCUT2D eigenvalue weighted by Crippen LogP contribution is 2.32. The molecule has 0 spiro atoms. The SMILES string of the molecule is COCCOC1C(O)CC1OC1CCC1. The van der Waals surface area contributed by atoms with E-state index in [9.17, 15) is 5.11 Å². The average Bonchev–Trinajstić information content (AvgIpc) is 2.16. The summed E-state index contributed by atoms with van der Waals surface area (Å²) in [6.45, 7) is 1.10. The van der Waals surface area contributed by atoms with E-state index in [1.165, 1.54) is 6.42 Å². The van der Waals surface area contributed by atoms with Gasteiger partial charge in [-0.25, -0.2) is 0 Å². The number of aliphatic hydroxyl groups is 1. The van der Waals surface area contributed by atoms with Crippen LogP contribution in [0.5, 0.6) is 0 Å². The molecule has 2 aliphatic rings. The minimum Gasteiger partial charge on any atom is -0.390 e. The summed E-state index contributed by atoms with van der Waals surface area (Å²) in [5, 5.41) is 9.54. The second kappa shape index (κ2) is 5.25. The summed E-state index contributed by atoms with van der Waals surface area (Å²) in [6.07, 6.45) is 4.34. The van der Waals surface area contributed by atoms with E-state index in [-0.39, 0.29) is 18.3 Å². The van der Waals surface area contributed by atoms with Crippen LogP contribution >= 0.6 is 0 Å². The summed E-state index contributed by atoms with van der Waals surface area (Å²) in [7, 11) is 1.64. The Morgan fingerprint density at radius 2 is 2.07 bits per heavy atom. The molecule has 0 amide bonds. The highest BCUT2D eigenvalue weighted by Gasteiger charge is 2.43. The van der Waals surface area contributed by atoms with Gasteiger partial charge in [0.15, 0.2) is 0 Å². The Labute approximate surface area is 90.5 Å². The summed E-state index contributed by atoms with van der Waals surface area (Å²) in [5.74, 6) is 0. The molecule has 88 valence electrons. The lowest BCUT2D eigenvalue weighted by molar-refractivity contribution is -0.218. The number of rotatable bonds is 6. The van der Waals surface area contributed by atoms with E-state index in [1.54, 1.807) is 7.11 Å². The summed E-state index contributed by atoms with van der Waals surface area (Å²) in [5.41, 5.74) is 0. The Morgan fingerprint density at radius 1 is 1.27 bits per heavy atom. The Morgan fingerprint density at radius 3 is 2.60 bits per heavy atom. The molecule has 2 fully saturated rings. The van der Waals surface area contributed by atoms with Crippen molar-refractivity contribution in [2.24, 2.45) is 0 Å². The molecule has 15 heavy (non-hydrogen) atoms. The Kier molecular flexibility index (Phi) is 3.97. The molecule has 0 bridgehead atoms. The van der Waals surface area contributed by atoms with E-state index >= 15 is 0 Å². The fraction of sp³-hybridized carbons (Fsp3) is 1.00. The third-order valence-electron chi connectivity index (χ3n) is 3.24. The van der Waals surface area contributed by atoms with Crippen molar-refractivity contribution >= 4 is 0 Å². The molecule has 0 aromatic heterocycles. The molecule has 0 aromatic carbocycles. The number of methoxy groups -OCH3 is 1. The number of hydrogen-bond donors (Lipinski definition) is 1. The molecular weight excluding hydrogens is 196 g/mol.